The lowest BCUT2D eigenvalue weighted by Gasteiger charge is -2.16. The van der Waals surface area contributed by atoms with E-state index >= 15 is 0 Å². The molecule has 1 heterocycles. The predicted octanol–water partition coefficient (Wildman–Crippen LogP) is 2.81. The molecule has 0 radical (unpaired) electrons. The van der Waals surface area contributed by atoms with Crippen molar-refractivity contribution in [1.29, 1.82) is 5.26 Å². The molecule has 0 aliphatic carbocycles. The number of hydrogen-bond donors (Lipinski definition) is 0. The van der Waals surface area contributed by atoms with Gasteiger partial charge in [0.05, 0.1) is 19.9 Å². The third-order valence-corrected chi connectivity index (χ3v) is 3.42. The van der Waals surface area contributed by atoms with Gasteiger partial charge in [-0.25, -0.2) is 0 Å². The van der Waals surface area contributed by atoms with Crippen LogP contribution < -0.4 is 15.0 Å². The Hall–Kier alpha value is -2.74. The van der Waals surface area contributed by atoms with Crippen molar-refractivity contribution >= 4 is 0 Å². The van der Waals surface area contributed by atoms with Crippen molar-refractivity contribution in [2.24, 2.45) is 0 Å². The predicted molar refractivity (Wildman–Crippen MR) is 84.2 cm³/mol. The second kappa shape index (κ2) is 6.81. The summed E-state index contributed by atoms with van der Waals surface area (Å²) in [5.41, 5.74) is 1.32. The van der Waals surface area contributed by atoms with Crippen molar-refractivity contribution < 1.29 is 9.47 Å². The quantitative estimate of drug-likeness (QED) is 0.851. The molecule has 0 aliphatic rings. The van der Waals surface area contributed by atoms with Gasteiger partial charge in [-0.05, 0) is 36.8 Å². The Kier molecular flexibility index (Phi) is 4.84. The minimum Gasteiger partial charge on any atom is -0.497 e. The minimum absolute atomic E-state index is 0.138. The molecule has 114 valence electrons. The molecule has 0 aliphatic heterocycles. The van der Waals surface area contributed by atoms with Gasteiger partial charge >= 0.3 is 0 Å². The number of nitriles is 1. The molecule has 0 unspecified atom stereocenters. The molecule has 2 aromatic rings. The highest BCUT2D eigenvalue weighted by Gasteiger charge is 2.14. The fourth-order valence-corrected chi connectivity index (χ4v) is 2.36. The largest absolute Gasteiger partial charge is 0.497 e. The van der Waals surface area contributed by atoms with E-state index in [2.05, 4.69) is 0 Å². The molecule has 0 N–H and O–H groups in total. The smallest absolute Gasteiger partial charge is 0.268 e. The Balaban J connectivity index is 2.74. The molecule has 0 atom stereocenters. The van der Waals surface area contributed by atoms with Crippen LogP contribution in [0.2, 0.25) is 0 Å². The molecule has 22 heavy (non-hydrogen) atoms. The third kappa shape index (κ3) is 2.82. The molecule has 0 bridgehead atoms. The number of rotatable bonds is 5. The Labute approximate surface area is 129 Å². The second-order valence-electron chi connectivity index (χ2n) is 4.77. The highest BCUT2D eigenvalue weighted by molar-refractivity contribution is 5.70. The first-order valence-electron chi connectivity index (χ1n) is 7.02. The van der Waals surface area contributed by atoms with Crippen LogP contribution in [0.4, 0.5) is 0 Å². The number of aromatic nitrogens is 1. The average Bonchev–Trinajstić information content (AvgIpc) is 2.56. The van der Waals surface area contributed by atoms with E-state index in [1.165, 1.54) is 0 Å². The van der Waals surface area contributed by atoms with Crippen molar-refractivity contribution in [3.8, 4) is 28.8 Å². The van der Waals surface area contributed by atoms with Crippen LogP contribution in [0.1, 0.15) is 18.9 Å². The molecule has 2 rings (SSSR count). The Morgan fingerprint density at radius 2 is 1.95 bits per heavy atom. The summed E-state index contributed by atoms with van der Waals surface area (Å²) < 4.78 is 12.3. The average molecular weight is 298 g/mol. The van der Waals surface area contributed by atoms with E-state index in [1.807, 2.05) is 19.1 Å². The lowest BCUT2D eigenvalue weighted by atomic mass is 10.1. The van der Waals surface area contributed by atoms with Crippen LogP contribution in [0, 0.1) is 11.3 Å². The molecule has 1 aromatic carbocycles. The Morgan fingerprint density at radius 3 is 2.55 bits per heavy atom. The molecule has 0 amide bonds. The number of pyridine rings is 1. The summed E-state index contributed by atoms with van der Waals surface area (Å²) in [6, 6.07) is 10.7. The standard InChI is InChI=1S/C17H18N2O3/c1-4-9-19-15(7-5-12(11-18)17(19)20)14-10-13(21-2)6-8-16(14)22-3/h5-8,10H,4,9H2,1-3H3. The zero-order valence-corrected chi connectivity index (χ0v) is 12.9. The van der Waals surface area contributed by atoms with Gasteiger partial charge in [-0.1, -0.05) is 6.92 Å². The second-order valence-corrected chi connectivity index (χ2v) is 4.77. The van der Waals surface area contributed by atoms with Crippen LogP contribution in [-0.4, -0.2) is 18.8 Å². The zero-order chi connectivity index (χ0) is 16.1. The maximum atomic E-state index is 12.4. The van der Waals surface area contributed by atoms with Crippen molar-refractivity contribution in [2.45, 2.75) is 19.9 Å². The zero-order valence-electron chi connectivity index (χ0n) is 12.9. The van der Waals surface area contributed by atoms with E-state index in [4.69, 9.17) is 14.7 Å². The molecule has 5 nitrogen and oxygen atoms in total. The molecule has 1 aromatic heterocycles. The van der Waals surface area contributed by atoms with Gasteiger partial charge in [0.1, 0.15) is 23.1 Å². The molecular formula is C17H18N2O3. The van der Waals surface area contributed by atoms with E-state index < -0.39 is 0 Å². The first-order valence-corrected chi connectivity index (χ1v) is 7.02. The monoisotopic (exact) mass is 298 g/mol. The van der Waals surface area contributed by atoms with Crippen LogP contribution in [0.5, 0.6) is 11.5 Å². The Morgan fingerprint density at radius 1 is 1.18 bits per heavy atom. The number of hydrogen-bond acceptors (Lipinski definition) is 4. The summed E-state index contributed by atoms with van der Waals surface area (Å²) in [6.07, 6.45) is 0.786. The van der Waals surface area contributed by atoms with Crippen molar-refractivity contribution in [3.05, 3.63) is 46.2 Å². The van der Waals surface area contributed by atoms with Gasteiger partial charge in [0.2, 0.25) is 0 Å². The van der Waals surface area contributed by atoms with Crippen molar-refractivity contribution in [2.75, 3.05) is 14.2 Å². The molecule has 0 saturated heterocycles. The van der Waals surface area contributed by atoms with E-state index in [9.17, 15) is 4.79 Å². The van der Waals surface area contributed by atoms with Gasteiger partial charge < -0.3 is 14.0 Å². The summed E-state index contributed by atoms with van der Waals surface area (Å²) in [7, 11) is 3.17. The molecule has 5 heteroatoms. The molecule has 0 fully saturated rings. The van der Waals surface area contributed by atoms with Gasteiger partial charge in [0.15, 0.2) is 0 Å². The fourth-order valence-electron chi connectivity index (χ4n) is 2.36. The summed E-state index contributed by atoms with van der Waals surface area (Å²) in [6.45, 7) is 2.52. The highest BCUT2D eigenvalue weighted by atomic mass is 16.5. The summed E-state index contributed by atoms with van der Waals surface area (Å²) in [4.78, 5) is 12.4. The van der Waals surface area contributed by atoms with Crippen LogP contribution in [0.3, 0.4) is 0 Å². The van der Waals surface area contributed by atoms with Gasteiger partial charge in [-0.15, -0.1) is 0 Å². The topological polar surface area (TPSA) is 64.2 Å². The first-order chi connectivity index (χ1) is 10.7. The highest BCUT2D eigenvalue weighted by Crippen LogP contribution is 2.33. The summed E-state index contributed by atoms with van der Waals surface area (Å²) in [5.74, 6) is 1.32. The summed E-state index contributed by atoms with van der Waals surface area (Å²) in [5, 5.41) is 9.05. The fraction of sp³-hybridized carbons (Fsp3) is 0.294. The van der Waals surface area contributed by atoms with Gasteiger partial charge in [-0.2, -0.15) is 5.26 Å². The number of nitrogens with zero attached hydrogens (tertiary/aromatic N) is 2. The van der Waals surface area contributed by atoms with Crippen molar-refractivity contribution in [1.82, 2.24) is 4.57 Å². The molecule has 0 saturated carbocycles. The van der Waals surface area contributed by atoms with Gasteiger partial charge in [0.25, 0.3) is 5.56 Å². The van der Waals surface area contributed by atoms with E-state index in [0.29, 0.717) is 23.7 Å². The molecular weight excluding hydrogens is 280 g/mol. The lowest BCUT2D eigenvalue weighted by molar-refractivity contribution is 0.404. The van der Waals surface area contributed by atoms with Crippen LogP contribution in [0.25, 0.3) is 11.3 Å². The van der Waals surface area contributed by atoms with Gasteiger partial charge in [-0.3, -0.25) is 4.79 Å². The van der Waals surface area contributed by atoms with Gasteiger partial charge in [0, 0.05) is 12.1 Å². The minimum atomic E-state index is -0.285. The first kappa shape index (κ1) is 15.6. The maximum absolute atomic E-state index is 12.4. The van der Waals surface area contributed by atoms with Crippen LogP contribution in [-0.2, 0) is 6.54 Å². The normalized spacial score (nSPS) is 10.1. The molecule has 0 spiro atoms. The van der Waals surface area contributed by atoms with E-state index in [-0.39, 0.29) is 11.1 Å². The maximum Gasteiger partial charge on any atom is 0.268 e. The van der Waals surface area contributed by atoms with E-state index in [0.717, 1.165) is 12.0 Å². The lowest BCUT2D eigenvalue weighted by Crippen LogP contribution is -2.24. The Bertz CT molecular complexity index is 772. The third-order valence-electron chi connectivity index (χ3n) is 3.42. The van der Waals surface area contributed by atoms with Crippen LogP contribution in [0.15, 0.2) is 35.1 Å². The number of methoxy groups -OCH3 is 2. The van der Waals surface area contributed by atoms with Crippen molar-refractivity contribution in [3.63, 3.8) is 0 Å². The van der Waals surface area contributed by atoms with Crippen LogP contribution >= 0.6 is 0 Å². The van der Waals surface area contributed by atoms with E-state index in [1.54, 1.807) is 43.1 Å². The number of benzene rings is 1. The summed E-state index contributed by atoms with van der Waals surface area (Å²) >= 11 is 0. The SMILES string of the molecule is CCCn1c(-c2cc(OC)ccc2OC)ccc(C#N)c1=O. The number of ether oxygens (including phenoxy) is 2.